The SMILES string of the molecule is CCOC1CC(NS(=O)(=O)Cc2ccccc2CN)C1. The smallest absolute Gasteiger partial charge is 0.216 e. The number of ether oxygens (including phenoxy) is 1. The minimum atomic E-state index is -3.33. The third kappa shape index (κ3) is 4.02. The Labute approximate surface area is 120 Å². The fourth-order valence-electron chi connectivity index (χ4n) is 2.43. The molecule has 1 saturated carbocycles. The highest BCUT2D eigenvalue weighted by Gasteiger charge is 2.32. The van der Waals surface area contributed by atoms with E-state index < -0.39 is 10.0 Å². The van der Waals surface area contributed by atoms with E-state index in [2.05, 4.69) is 4.72 Å². The van der Waals surface area contributed by atoms with Crippen LogP contribution in [-0.2, 0) is 27.1 Å². The average Bonchev–Trinajstić information content (AvgIpc) is 2.36. The molecule has 1 aliphatic carbocycles. The van der Waals surface area contributed by atoms with Crippen LogP contribution in [0.3, 0.4) is 0 Å². The van der Waals surface area contributed by atoms with Gasteiger partial charge in [-0.2, -0.15) is 0 Å². The Kier molecular flexibility index (Phi) is 5.15. The fourth-order valence-corrected chi connectivity index (χ4v) is 3.91. The number of hydrogen-bond donors (Lipinski definition) is 2. The summed E-state index contributed by atoms with van der Waals surface area (Å²) in [5.41, 5.74) is 7.27. The van der Waals surface area contributed by atoms with E-state index in [9.17, 15) is 8.42 Å². The first-order chi connectivity index (χ1) is 9.54. The van der Waals surface area contributed by atoms with E-state index in [1.165, 1.54) is 0 Å². The zero-order valence-electron chi connectivity index (χ0n) is 11.7. The molecule has 0 aliphatic heterocycles. The Morgan fingerprint density at radius 2 is 1.95 bits per heavy atom. The summed E-state index contributed by atoms with van der Waals surface area (Å²) in [6.07, 6.45) is 1.71. The molecule has 6 heteroatoms. The van der Waals surface area contributed by atoms with Gasteiger partial charge in [0.05, 0.1) is 11.9 Å². The van der Waals surface area contributed by atoms with Crippen LogP contribution in [0, 0.1) is 0 Å². The van der Waals surface area contributed by atoms with E-state index in [1.807, 2.05) is 31.2 Å². The van der Waals surface area contributed by atoms with Gasteiger partial charge in [0.15, 0.2) is 0 Å². The molecule has 0 radical (unpaired) electrons. The number of rotatable bonds is 7. The van der Waals surface area contributed by atoms with Gasteiger partial charge in [0.1, 0.15) is 0 Å². The zero-order chi connectivity index (χ0) is 14.6. The first-order valence-electron chi connectivity index (χ1n) is 6.92. The van der Waals surface area contributed by atoms with Gasteiger partial charge in [-0.15, -0.1) is 0 Å². The van der Waals surface area contributed by atoms with Crippen molar-refractivity contribution in [3.05, 3.63) is 35.4 Å². The third-order valence-corrected chi connectivity index (χ3v) is 4.91. The van der Waals surface area contributed by atoms with Crippen molar-refractivity contribution in [1.82, 2.24) is 4.72 Å². The maximum atomic E-state index is 12.1. The predicted octanol–water partition coefficient (Wildman–Crippen LogP) is 1.13. The molecule has 0 bridgehead atoms. The van der Waals surface area contributed by atoms with Gasteiger partial charge in [-0.1, -0.05) is 24.3 Å². The van der Waals surface area contributed by atoms with Crippen molar-refractivity contribution in [3.63, 3.8) is 0 Å². The average molecular weight is 298 g/mol. The van der Waals surface area contributed by atoms with Gasteiger partial charge in [-0.3, -0.25) is 0 Å². The molecule has 0 spiro atoms. The highest BCUT2D eigenvalue weighted by molar-refractivity contribution is 7.88. The number of nitrogens with two attached hydrogens (primary N) is 1. The van der Waals surface area contributed by atoms with E-state index in [0.29, 0.717) is 13.2 Å². The molecule has 3 N–H and O–H groups in total. The van der Waals surface area contributed by atoms with E-state index >= 15 is 0 Å². The molecule has 0 amide bonds. The third-order valence-electron chi connectivity index (χ3n) is 3.53. The van der Waals surface area contributed by atoms with Gasteiger partial charge in [0.25, 0.3) is 0 Å². The van der Waals surface area contributed by atoms with Crippen LogP contribution in [0.4, 0.5) is 0 Å². The second-order valence-electron chi connectivity index (χ2n) is 5.10. The number of nitrogens with one attached hydrogen (secondary N) is 1. The molecular weight excluding hydrogens is 276 g/mol. The van der Waals surface area contributed by atoms with Crippen LogP contribution >= 0.6 is 0 Å². The Morgan fingerprint density at radius 3 is 2.55 bits per heavy atom. The van der Waals surface area contributed by atoms with Crippen molar-refractivity contribution in [2.75, 3.05) is 6.61 Å². The van der Waals surface area contributed by atoms with Crippen LogP contribution in [0.25, 0.3) is 0 Å². The largest absolute Gasteiger partial charge is 0.378 e. The maximum Gasteiger partial charge on any atom is 0.216 e. The molecule has 112 valence electrons. The highest BCUT2D eigenvalue weighted by Crippen LogP contribution is 2.24. The van der Waals surface area contributed by atoms with Crippen molar-refractivity contribution in [2.24, 2.45) is 5.73 Å². The molecule has 0 saturated heterocycles. The molecule has 20 heavy (non-hydrogen) atoms. The molecule has 0 atom stereocenters. The van der Waals surface area contributed by atoms with Crippen molar-refractivity contribution >= 4 is 10.0 Å². The molecular formula is C14H22N2O3S. The summed E-state index contributed by atoms with van der Waals surface area (Å²) in [6, 6.07) is 7.37. The van der Waals surface area contributed by atoms with Crippen LogP contribution < -0.4 is 10.5 Å². The second kappa shape index (κ2) is 6.67. The van der Waals surface area contributed by atoms with Gasteiger partial charge in [-0.05, 0) is 30.9 Å². The highest BCUT2D eigenvalue weighted by atomic mass is 32.2. The lowest BCUT2D eigenvalue weighted by molar-refractivity contribution is -0.00476. The molecule has 0 aromatic heterocycles. The van der Waals surface area contributed by atoms with Crippen LogP contribution in [0.15, 0.2) is 24.3 Å². The quantitative estimate of drug-likeness (QED) is 0.790. The first kappa shape index (κ1) is 15.4. The number of sulfonamides is 1. The summed E-state index contributed by atoms with van der Waals surface area (Å²) in [7, 11) is -3.33. The van der Waals surface area contributed by atoms with Crippen LogP contribution in [0.5, 0.6) is 0 Å². The van der Waals surface area contributed by atoms with Gasteiger partial charge >= 0.3 is 0 Å². The summed E-state index contributed by atoms with van der Waals surface area (Å²) < 4.78 is 32.4. The van der Waals surface area contributed by atoms with Crippen molar-refractivity contribution in [3.8, 4) is 0 Å². The normalized spacial score (nSPS) is 22.5. The molecule has 0 heterocycles. The van der Waals surface area contributed by atoms with E-state index in [-0.39, 0.29) is 17.9 Å². The standard InChI is InChI=1S/C14H22N2O3S/c1-2-19-14-7-13(8-14)16-20(17,18)10-12-6-4-3-5-11(12)9-15/h3-6,13-14,16H,2,7-10,15H2,1H3. The Hall–Kier alpha value is -0.950. The minimum Gasteiger partial charge on any atom is -0.378 e. The van der Waals surface area contributed by atoms with Gasteiger partial charge in [-0.25, -0.2) is 13.1 Å². The molecule has 2 rings (SSSR count). The predicted molar refractivity (Wildman–Crippen MR) is 78.5 cm³/mol. The lowest BCUT2D eigenvalue weighted by atomic mass is 9.90. The van der Waals surface area contributed by atoms with E-state index in [1.54, 1.807) is 0 Å². The lowest BCUT2D eigenvalue weighted by Gasteiger charge is -2.35. The molecule has 1 aromatic carbocycles. The fraction of sp³-hybridized carbons (Fsp3) is 0.571. The maximum absolute atomic E-state index is 12.1. The molecule has 0 unspecified atom stereocenters. The number of hydrogen-bond acceptors (Lipinski definition) is 4. The van der Waals surface area contributed by atoms with Crippen LogP contribution in [-0.4, -0.2) is 27.2 Å². The van der Waals surface area contributed by atoms with Gasteiger partial charge in [0.2, 0.25) is 10.0 Å². The minimum absolute atomic E-state index is 0.00147. The summed E-state index contributed by atoms with van der Waals surface area (Å²) in [5, 5.41) is 0. The summed E-state index contributed by atoms with van der Waals surface area (Å²) in [4.78, 5) is 0. The first-order valence-corrected chi connectivity index (χ1v) is 8.57. The topological polar surface area (TPSA) is 81.4 Å². The molecule has 1 fully saturated rings. The van der Waals surface area contributed by atoms with Gasteiger partial charge < -0.3 is 10.5 Å². The Morgan fingerprint density at radius 1 is 1.30 bits per heavy atom. The van der Waals surface area contributed by atoms with Crippen LogP contribution in [0.1, 0.15) is 30.9 Å². The van der Waals surface area contributed by atoms with E-state index in [0.717, 1.165) is 24.0 Å². The molecule has 1 aliphatic rings. The Bertz CT molecular complexity index is 539. The number of benzene rings is 1. The Balaban J connectivity index is 1.92. The molecule has 1 aromatic rings. The van der Waals surface area contributed by atoms with Crippen LogP contribution in [0.2, 0.25) is 0 Å². The summed E-state index contributed by atoms with van der Waals surface area (Å²) in [5.74, 6) is -0.0177. The second-order valence-corrected chi connectivity index (χ2v) is 6.85. The lowest BCUT2D eigenvalue weighted by Crippen LogP contribution is -2.48. The monoisotopic (exact) mass is 298 g/mol. The van der Waals surface area contributed by atoms with Crippen molar-refractivity contribution in [2.45, 2.75) is 44.2 Å². The molecule has 5 nitrogen and oxygen atoms in total. The van der Waals surface area contributed by atoms with Crippen molar-refractivity contribution in [1.29, 1.82) is 0 Å². The van der Waals surface area contributed by atoms with E-state index in [4.69, 9.17) is 10.5 Å². The summed E-state index contributed by atoms with van der Waals surface area (Å²) >= 11 is 0. The summed E-state index contributed by atoms with van der Waals surface area (Å²) in [6.45, 7) is 2.97. The van der Waals surface area contributed by atoms with Crippen molar-refractivity contribution < 1.29 is 13.2 Å². The zero-order valence-corrected chi connectivity index (χ0v) is 12.5. The van der Waals surface area contributed by atoms with Gasteiger partial charge in [0, 0.05) is 19.2 Å².